The fourth-order valence-electron chi connectivity index (χ4n) is 2.99. The molecular weight excluding hydrogens is 380 g/mol. The van der Waals surface area contributed by atoms with Crippen molar-refractivity contribution in [2.45, 2.75) is 13.5 Å². The number of benzene rings is 1. The summed E-state index contributed by atoms with van der Waals surface area (Å²) in [6.45, 7) is 3.44. The summed E-state index contributed by atoms with van der Waals surface area (Å²) in [6, 6.07) is 15.4. The van der Waals surface area contributed by atoms with Gasteiger partial charge < -0.3 is 15.4 Å². The Morgan fingerprint density at radius 2 is 2.03 bits per heavy atom. The molecule has 0 unspecified atom stereocenters. The van der Waals surface area contributed by atoms with Crippen LogP contribution in [0.2, 0.25) is 0 Å². The van der Waals surface area contributed by atoms with Gasteiger partial charge in [-0.3, -0.25) is 14.9 Å². The molecule has 0 fully saturated rings. The third kappa shape index (κ3) is 4.98. The van der Waals surface area contributed by atoms with Gasteiger partial charge in [0.2, 0.25) is 11.8 Å². The molecule has 4 rings (SSSR count). The molecule has 1 aromatic carbocycles. The monoisotopic (exact) mass is 402 g/mol. The van der Waals surface area contributed by atoms with Crippen LogP contribution in [0.3, 0.4) is 0 Å². The molecule has 3 N–H and O–H groups in total. The number of hydrogen-bond donors (Lipinski definition) is 3. The number of aromatic nitrogens is 4. The highest BCUT2D eigenvalue weighted by Crippen LogP contribution is 2.25. The van der Waals surface area contributed by atoms with Crippen molar-refractivity contribution in [2.75, 3.05) is 13.1 Å². The number of hydrogen-bond acceptors (Lipinski definition) is 6. The molecule has 3 heterocycles. The van der Waals surface area contributed by atoms with Crippen LogP contribution >= 0.6 is 0 Å². The lowest BCUT2D eigenvalue weighted by atomic mass is 10.2. The van der Waals surface area contributed by atoms with E-state index in [1.54, 1.807) is 12.4 Å². The van der Waals surface area contributed by atoms with E-state index in [-0.39, 0.29) is 5.91 Å². The van der Waals surface area contributed by atoms with Crippen LogP contribution < -0.4 is 15.4 Å². The average Bonchev–Trinajstić information content (AvgIpc) is 3.29. The Kier molecular flexibility index (Phi) is 5.95. The van der Waals surface area contributed by atoms with Gasteiger partial charge in [0, 0.05) is 56.0 Å². The number of pyridine rings is 2. The lowest BCUT2D eigenvalue weighted by molar-refractivity contribution is -0.118. The SMILES string of the molecule is CC(=O)NCCNCc1ccc2cc(Oc3ccc(-c4ccn[nH]4)cn3)ccc2n1. The van der Waals surface area contributed by atoms with Gasteiger partial charge in [0.05, 0.1) is 16.9 Å². The summed E-state index contributed by atoms with van der Waals surface area (Å²) in [5.41, 5.74) is 3.69. The van der Waals surface area contributed by atoms with Crippen molar-refractivity contribution < 1.29 is 9.53 Å². The van der Waals surface area contributed by atoms with Gasteiger partial charge >= 0.3 is 0 Å². The van der Waals surface area contributed by atoms with E-state index in [4.69, 9.17) is 4.74 Å². The van der Waals surface area contributed by atoms with Crippen molar-refractivity contribution >= 4 is 16.8 Å². The normalized spacial score (nSPS) is 10.8. The molecule has 30 heavy (non-hydrogen) atoms. The molecule has 0 aliphatic rings. The van der Waals surface area contributed by atoms with Crippen LogP contribution in [0, 0.1) is 0 Å². The van der Waals surface area contributed by atoms with Crippen LogP contribution in [0.5, 0.6) is 11.6 Å². The molecule has 1 amide bonds. The van der Waals surface area contributed by atoms with Crippen LogP contribution in [0.4, 0.5) is 0 Å². The third-order valence-electron chi connectivity index (χ3n) is 4.47. The molecule has 0 aliphatic carbocycles. The van der Waals surface area contributed by atoms with Gasteiger partial charge in [-0.2, -0.15) is 5.10 Å². The van der Waals surface area contributed by atoms with Crippen LogP contribution in [0.15, 0.2) is 60.9 Å². The first-order chi connectivity index (χ1) is 14.7. The van der Waals surface area contributed by atoms with Gasteiger partial charge in [0.15, 0.2) is 0 Å². The van der Waals surface area contributed by atoms with E-state index in [2.05, 4.69) is 30.8 Å². The number of aromatic amines is 1. The van der Waals surface area contributed by atoms with E-state index in [1.807, 2.05) is 48.5 Å². The standard InChI is InChI=1S/C22H22N6O2/c1-15(29)24-11-10-23-14-18-4-2-16-12-19(5-6-20(16)27-18)30-22-7-3-17(13-25-22)21-8-9-26-28-21/h2-9,12-13,23H,10-11,14H2,1H3,(H,24,29)(H,26,28). The summed E-state index contributed by atoms with van der Waals surface area (Å²) in [6.07, 6.45) is 3.45. The van der Waals surface area contributed by atoms with Gasteiger partial charge in [-0.25, -0.2) is 4.98 Å². The summed E-state index contributed by atoms with van der Waals surface area (Å²) in [5, 5.41) is 13.9. The Morgan fingerprint density at radius 3 is 2.80 bits per heavy atom. The molecule has 0 radical (unpaired) electrons. The molecule has 0 saturated heterocycles. The molecule has 0 atom stereocenters. The second-order valence-corrected chi connectivity index (χ2v) is 6.77. The highest BCUT2D eigenvalue weighted by Gasteiger charge is 2.05. The summed E-state index contributed by atoms with van der Waals surface area (Å²) in [4.78, 5) is 19.9. The number of H-pyrrole nitrogens is 1. The first kappa shape index (κ1) is 19.5. The second kappa shape index (κ2) is 9.15. The number of fused-ring (bicyclic) bond motifs is 1. The molecule has 8 heteroatoms. The molecule has 8 nitrogen and oxygen atoms in total. The molecule has 0 bridgehead atoms. The minimum Gasteiger partial charge on any atom is -0.439 e. The fraction of sp³-hybridized carbons (Fsp3) is 0.182. The van der Waals surface area contributed by atoms with Gasteiger partial charge in [0.1, 0.15) is 5.75 Å². The zero-order chi connectivity index (χ0) is 20.8. The number of carbonyl (C=O) groups excluding carboxylic acids is 1. The third-order valence-corrected chi connectivity index (χ3v) is 4.47. The van der Waals surface area contributed by atoms with Crippen LogP contribution in [0.25, 0.3) is 22.2 Å². The highest BCUT2D eigenvalue weighted by atomic mass is 16.5. The molecular formula is C22H22N6O2. The Balaban J connectivity index is 1.38. The summed E-state index contributed by atoms with van der Waals surface area (Å²) >= 11 is 0. The molecule has 4 aromatic rings. The van der Waals surface area contributed by atoms with Crippen molar-refractivity contribution in [1.29, 1.82) is 0 Å². The first-order valence-corrected chi connectivity index (χ1v) is 9.66. The predicted molar refractivity (Wildman–Crippen MR) is 114 cm³/mol. The number of amides is 1. The van der Waals surface area contributed by atoms with Crippen LogP contribution in [0.1, 0.15) is 12.6 Å². The molecule has 0 aliphatic heterocycles. The summed E-state index contributed by atoms with van der Waals surface area (Å²) in [5.74, 6) is 1.19. The van der Waals surface area contributed by atoms with E-state index >= 15 is 0 Å². The number of nitrogens with one attached hydrogen (secondary N) is 3. The van der Waals surface area contributed by atoms with E-state index in [9.17, 15) is 4.79 Å². The maximum Gasteiger partial charge on any atom is 0.219 e. The molecule has 152 valence electrons. The summed E-state index contributed by atoms with van der Waals surface area (Å²) in [7, 11) is 0. The van der Waals surface area contributed by atoms with Crippen LogP contribution in [-0.2, 0) is 11.3 Å². The Bertz CT molecular complexity index is 1130. The average molecular weight is 402 g/mol. The zero-order valence-electron chi connectivity index (χ0n) is 16.6. The highest BCUT2D eigenvalue weighted by molar-refractivity contribution is 5.80. The van der Waals surface area contributed by atoms with Crippen molar-refractivity contribution in [3.63, 3.8) is 0 Å². The minimum atomic E-state index is -0.0254. The molecule has 0 spiro atoms. The van der Waals surface area contributed by atoms with Gasteiger partial charge in [-0.05, 0) is 36.4 Å². The van der Waals surface area contributed by atoms with Gasteiger partial charge in [-0.1, -0.05) is 6.07 Å². The smallest absolute Gasteiger partial charge is 0.219 e. The lowest BCUT2D eigenvalue weighted by Crippen LogP contribution is -2.30. The molecule has 0 saturated carbocycles. The Labute approximate surface area is 173 Å². The first-order valence-electron chi connectivity index (χ1n) is 9.66. The number of rotatable bonds is 8. The fourth-order valence-corrected chi connectivity index (χ4v) is 2.99. The largest absolute Gasteiger partial charge is 0.439 e. The van der Waals surface area contributed by atoms with E-state index < -0.39 is 0 Å². The maximum absolute atomic E-state index is 10.9. The van der Waals surface area contributed by atoms with E-state index in [0.29, 0.717) is 31.3 Å². The molecule has 3 aromatic heterocycles. The summed E-state index contributed by atoms with van der Waals surface area (Å²) < 4.78 is 5.89. The maximum atomic E-state index is 10.9. The number of carbonyl (C=O) groups is 1. The van der Waals surface area contributed by atoms with E-state index in [0.717, 1.165) is 27.9 Å². The van der Waals surface area contributed by atoms with Crippen LogP contribution in [-0.4, -0.2) is 39.2 Å². The Hall–Kier alpha value is -3.78. The van der Waals surface area contributed by atoms with Crippen molar-refractivity contribution in [2.24, 2.45) is 0 Å². The van der Waals surface area contributed by atoms with Crippen molar-refractivity contribution in [3.8, 4) is 22.9 Å². The Morgan fingerprint density at radius 1 is 1.10 bits per heavy atom. The topological polar surface area (TPSA) is 105 Å². The number of ether oxygens (including phenoxy) is 1. The van der Waals surface area contributed by atoms with Gasteiger partial charge in [0.25, 0.3) is 0 Å². The minimum absolute atomic E-state index is 0.0254. The second-order valence-electron chi connectivity index (χ2n) is 6.77. The van der Waals surface area contributed by atoms with Crippen molar-refractivity contribution in [3.05, 3.63) is 66.6 Å². The van der Waals surface area contributed by atoms with E-state index in [1.165, 1.54) is 6.92 Å². The predicted octanol–water partition coefficient (Wildman–Crippen LogP) is 3.04. The van der Waals surface area contributed by atoms with Crippen molar-refractivity contribution in [1.82, 2.24) is 30.8 Å². The number of nitrogens with zero attached hydrogens (tertiary/aromatic N) is 3. The lowest BCUT2D eigenvalue weighted by Gasteiger charge is -2.08. The quantitative estimate of drug-likeness (QED) is 0.391. The van der Waals surface area contributed by atoms with Gasteiger partial charge in [-0.15, -0.1) is 0 Å². The zero-order valence-corrected chi connectivity index (χ0v) is 16.6.